The molecule has 7 rings (SSSR count). The number of nitrogens with two attached hydrogens (primary N) is 1. The number of ketones is 1. The average molecular weight is 693 g/mol. The average Bonchev–Trinajstić information content (AvgIpc) is 3.72. The highest BCUT2D eigenvalue weighted by Crippen LogP contribution is 2.58. The summed E-state index contributed by atoms with van der Waals surface area (Å²) in [5, 5.41) is 4.21. The Morgan fingerprint density at radius 2 is 1.95 bits per heavy atom. The van der Waals surface area contributed by atoms with E-state index in [0.717, 1.165) is 6.33 Å². The number of aromatic amines is 1. The molecule has 2 bridgehead atoms. The number of fused-ring (bicyclic) bond motifs is 5. The van der Waals surface area contributed by atoms with E-state index < -0.39 is 75.2 Å². The van der Waals surface area contributed by atoms with Gasteiger partial charge in [-0.1, -0.05) is 12.2 Å². The maximum absolute atomic E-state index is 15.8. The summed E-state index contributed by atoms with van der Waals surface area (Å²) in [7, 11) is 0. The zero-order chi connectivity index (χ0) is 31.0. The Bertz CT molecular complexity index is 1840. The Morgan fingerprint density at radius 3 is 2.77 bits per heavy atom. The number of Topliss-reactive ketones (excluding diaryl/α,β-unsaturated/α-hetero) is 1. The highest BCUT2D eigenvalue weighted by molar-refractivity contribution is 8.44. The first-order valence-electron chi connectivity index (χ1n) is 13.0. The number of nitrogens with zero attached hydrogens (tertiary/aromatic N) is 6. The molecular formula is C21H23FN8O10P2S2. The van der Waals surface area contributed by atoms with Crippen molar-refractivity contribution >= 4 is 66.7 Å². The van der Waals surface area contributed by atoms with Gasteiger partial charge in [0.05, 0.1) is 44.0 Å². The van der Waals surface area contributed by atoms with Crippen LogP contribution in [0.1, 0.15) is 41.5 Å². The number of hydrogen-bond acceptors (Lipinski definition) is 15. The maximum Gasteiger partial charge on any atom is 0.386 e. The van der Waals surface area contributed by atoms with Gasteiger partial charge < -0.3 is 29.1 Å². The SMILES string of the molecule is Nc1nc2c(ncn2[C@@H]2O[C@@H]3COP(O)(=S)O[C@H]4C[C@H](c5cnc6n5N=CCC6=O)O[C@@H]4COP(=O)(S)O[C@@H]2[C@@H]3F)c(=O)[nH]1. The van der Waals surface area contributed by atoms with Crippen molar-refractivity contribution in [2.24, 2.45) is 5.10 Å². The smallest absolute Gasteiger partial charge is 0.369 e. The maximum atomic E-state index is 15.8. The summed E-state index contributed by atoms with van der Waals surface area (Å²) in [6.07, 6.45) is -4.99. The first kappa shape index (κ1) is 30.2. The third kappa shape index (κ3) is 5.49. The van der Waals surface area contributed by atoms with E-state index in [-0.39, 0.29) is 41.6 Å². The van der Waals surface area contributed by atoms with Gasteiger partial charge in [-0.2, -0.15) is 10.1 Å². The molecule has 4 N–H and O–H groups in total. The van der Waals surface area contributed by atoms with Gasteiger partial charge in [0.1, 0.15) is 24.4 Å². The Balaban J connectivity index is 1.18. The number of rotatable bonds is 2. The normalized spacial score (nSPS) is 37.7. The third-order valence-corrected chi connectivity index (χ3v) is 10.5. The van der Waals surface area contributed by atoms with Crippen LogP contribution in [0.5, 0.6) is 0 Å². The molecular weight excluding hydrogens is 669 g/mol. The Hall–Kier alpha value is -2.42. The van der Waals surface area contributed by atoms with E-state index in [1.54, 1.807) is 0 Å². The van der Waals surface area contributed by atoms with Crippen molar-refractivity contribution in [2.45, 2.75) is 55.8 Å². The van der Waals surface area contributed by atoms with Crippen molar-refractivity contribution in [3.8, 4) is 0 Å². The summed E-state index contributed by atoms with van der Waals surface area (Å²) in [5.41, 5.74) is 5.27. The molecule has 0 saturated carbocycles. The molecule has 3 fully saturated rings. The van der Waals surface area contributed by atoms with Crippen LogP contribution in [0.3, 0.4) is 0 Å². The molecule has 23 heteroatoms. The second kappa shape index (κ2) is 11.1. The van der Waals surface area contributed by atoms with Crippen LogP contribution >= 0.6 is 25.8 Å². The largest absolute Gasteiger partial charge is 0.386 e. The Kier molecular flexibility index (Phi) is 7.65. The third-order valence-electron chi connectivity index (χ3n) is 7.33. The van der Waals surface area contributed by atoms with E-state index in [9.17, 15) is 19.0 Å². The van der Waals surface area contributed by atoms with Crippen LogP contribution in [0.25, 0.3) is 11.2 Å². The summed E-state index contributed by atoms with van der Waals surface area (Å²) < 4.78 is 66.1. The number of H-pyrrole nitrogens is 1. The molecule has 4 aliphatic rings. The number of hydrogen-bond donors (Lipinski definition) is 4. The number of alkyl halides is 1. The molecule has 0 amide bonds. The van der Waals surface area contributed by atoms with Crippen LogP contribution in [0, 0.1) is 0 Å². The molecule has 3 aromatic heterocycles. The predicted octanol–water partition coefficient (Wildman–Crippen LogP) is 1.16. The van der Waals surface area contributed by atoms with Gasteiger partial charge in [0.25, 0.3) is 5.56 Å². The second-order valence-electron chi connectivity index (χ2n) is 10.2. The fourth-order valence-electron chi connectivity index (χ4n) is 5.37. The van der Waals surface area contributed by atoms with Gasteiger partial charge in [0, 0.05) is 12.6 Å². The van der Waals surface area contributed by atoms with Gasteiger partial charge >= 0.3 is 13.5 Å². The minimum atomic E-state index is -4.36. The van der Waals surface area contributed by atoms with Crippen LogP contribution in [0.2, 0.25) is 0 Å². The van der Waals surface area contributed by atoms with Gasteiger partial charge in [-0.15, -0.1) is 0 Å². The Morgan fingerprint density at radius 1 is 1.16 bits per heavy atom. The molecule has 3 saturated heterocycles. The molecule has 236 valence electrons. The summed E-state index contributed by atoms with van der Waals surface area (Å²) >= 11 is 9.27. The number of halogens is 1. The molecule has 3 aromatic rings. The second-order valence-corrected chi connectivity index (χ2v) is 15.8. The van der Waals surface area contributed by atoms with Gasteiger partial charge in [-0.25, -0.2) is 23.6 Å². The number of nitrogens with one attached hydrogen (secondary N) is 1. The molecule has 0 radical (unpaired) electrons. The number of imidazole rings is 2. The van der Waals surface area contributed by atoms with E-state index in [4.69, 9.17) is 45.1 Å². The van der Waals surface area contributed by atoms with Crippen molar-refractivity contribution in [1.82, 2.24) is 29.2 Å². The van der Waals surface area contributed by atoms with Gasteiger partial charge in [0.15, 0.2) is 29.4 Å². The number of ether oxygens (including phenoxy) is 2. The van der Waals surface area contributed by atoms with Crippen molar-refractivity contribution in [3.63, 3.8) is 0 Å². The van der Waals surface area contributed by atoms with Crippen molar-refractivity contribution < 1.29 is 46.2 Å². The molecule has 18 nitrogen and oxygen atoms in total. The van der Waals surface area contributed by atoms with Gasteiger partial charge in [-0.3, -0.25) is 28.2 Å². The molecule has 7 heterocycles. The van der Waals surface area contributed by atoms with Crippen LogP contribution in [0.15, 0.2) is 22.4 Å². The number of carbonyl (C=O) groups is 1. The molecule has 9 atom stereocenters. The fraction of sp³-hybridized carbons (Fsp3) is 0.524. The first-order chi connectivity index (χ1) is 20.9. The molecule has 44 heavy (non-hydrogen) atoms. The molecule has 2 unspecified atom stereocenters. The van der Waals surface area contributed by atoms with Crippen molar-refractivity contribution in [2.75, 3.05) is 18.9 Å². The highest BCUT2D eigenvalue weighted by Gasteiger charge is 2.52. The lowest BCUT2D eigenvalue weighted by Gasteiger charge is -2.26. The molecule has 0 spiro atoms. The monoisotopic (exact) mass is 692 g/mol. The quantitative estimate of drug-likeness (QED) is 0.218. The summed E-state index contributed by atoms with van der Waals surface area (Å²) in [5.74, 6) is -0.331. The lowest BCUT2D eigenvalue weighted by atomic mass is 10.1. The summed E-state index contributed by atoms with van der Waals surface area (Å²) in [6.45, 7) is -9.47. The highest BCUT2D eigenvalue weighted by atomic mass is 32.7. The van der Waals surface area contributed by atoms with Crippen LogP contribution in [-0.4, -0.2) is 89.9 Å². The molecule has 4 aliphatic heterocycles. The van der Waals surface area contributed by atoms with Gasteiger partial charge in [-0.05, 0) is 11.8 Å². The topological polar surface area (TPSA) is 230 Å². The minimum absolute atomic E-state index is 0.0633. The fourth-order valence-corrected chi connectivity index (χ4v) is 8.29. The zero-order valence-electron chi connectivity index (χ0n) is 22.1. The van der Waals surface area contributed by atoms with E-state index in [1.165, 1.54) is 21.7 Å². The number of thiol groups is 1. The van der Waals surface area contributed by atoms with Crippen molar-refractivity contribution in [3.05, 3.63) is 34.4 Å². The minimum Gasteiger partial charge on any atom is -0.369 e. The lowest BCUT2D eigenvalue weighted by Crippen LogP contribution is -2.32. The first-order valence-corrected chi connectivity index (χ1v) is 18.3. The Labute approximate surface area is 256 Å². The van der Waals surface area contributed by atoms with Crippen molar-refractivity contribution in [1.29, 1.82) is 0 Å². The standard InChI is InChI=1S/C21H23FN8O10P2S2/c22-14-13-6-36-41(33,43)39-11-3-10(8-4-24-17-9(31)1-2-26-30(8)17)37-12(11)5-35-42(34,44)40-16(14)20(38-13)29-7-25-15-18(29)27-21(23)28-19(15)32/h2,4,7,10-14,16,20H,1,3,5-6H2,(H,33,43)(H,34,44)(H3,23,27,28,32)/t10-,11+,12-,13-,14-,16-,20-,41?,42?/m1/s1. The van der Waals surface area contributed by atoms with Crippen LogP contribution in [0.4, 0.5) is 10.3 Å². The molecule has 0 aromatic carbocycles. The summed E-state index contributed by atoms with van der Waals surface area (Å²) in [4.78, 5) is 49.9. The van der Waals surface area contributed by atoms with Crippen LogP contribution < -0.4 is 11.3 Å². The number of aromatic nitrogens is 6. The zero-order valence-corrected chi connectivity index (χ0v) is 25.6. The lowest BCUT2D eigenvalue weighted by molar-refractivity contribution is -0.0537. The number of anilines is 1. The van der Waals surface area contributed by atoms with Crippen LogP contribution in [-0.2, 0) is 43.9 Å². The number of carbonyl (C=O) groups excluding carboxylic acids is 1. The number of nitrogen functional groups attached to an aromatic ring is 1. The molecule has 0 aliphatic carbocycles. The van der Waals surface area contributed by atoms with E-state index in [0.29, 0.717) is 5.69 Å². The van der Waals surface area contributed by atoms with E-state index in [1.807, 2.05) is 0 Å². The predicted molar refractivity (Wildman–Crippen MR) is 153 cm³/mol. The summed E-state index contributed by atoms with van der Waals surface area (Å²) in [6, 6.07) is 0. The van der Waals surface area contributed by atoms with E-state index >= 15 is 4.39 Å². The van der Waals surface area contributed by atoms with Gasteiger partial charge in [0.2, 0.25) is 11.7 Å². The van der Waals surface area contributed by atoms with E-state index in [2.05, 4.69) is 37.3 Å².